The molecule has 4 rings (SSSR count). The molecule has 0 saturated heterocycles. The highest BCUT2D eigenvalue weighted by atomic mass is 35.5. The highest BCUT2D eigenvalue weighted by Crippen LogP contribution is 2.33. The molecule has 0 radical (unpaired) electrons. The molecule has 0 N–H and O–H groups in total. The van der Waals surface area contributed by atoms with E-state index in [0.717, 1.165) is 0 Å². The van der Waals surface area contributed by atoms with Crippen molar-refractivity contribution in [2.45, 2.75) is 12.5 Å². The molecule has 1 aliphatic heterocycles. The number of benzene rings is 1. The third-order valence-electron chi connectivity index (χ3n) is 4.23. The van der Waals surface area contributed by atoms with Gasteiger partial charge in [0.05, 0.1) is 18.1 Å². The Hall–Kier alpha value is -3.32. The summed E-state index contributed by atoms with van der Waals surface area (Å²) in [5, 5.41) is 6.04. The number of amides is 1. The summed E-state index contributed by atoms with van der Waals surface area (Å²) in [4.78, 5) is 24.9. The van der Waals surface area contributed by atoms with Crippen LogP contribution in [-0.4, -0.2) is 29.2 Å². The number of rotatable bonds is 5. The molecular formula is C20H15ClN2O5. The van der Waals surface area contributed by atoms with Gasteiger partial charge < -0.3 is 13.6 Å². The van der Waals surface area contributed by atoms with Gasteiger partial charge in [0.2, 0.25) is 0 Å². The number of nitrogens with zero attached hydrogens (tertiary/aromatic N) is 2. The van der Waals surface area contributed by atoms with Crippen molar-refractivity contribution in [3.8, 4) is 0 Å². The van der Waals surface area contributed by atoms with Gasteiger partial charge in [-0.3, -0.25) is 4.79 Å². The van der Waals surface area contributed by atoms with Crippen LogP contribution in [-0.2, 0) is 9.53 Å². The average Bonchev–Trinajstić information content (AvgIpc) is 3.46. The molecule has 1 unspecified atom stereocenters. The zero-order valence-electron chi connectivity index (χ0n) is 14.6. The van der Waals surface area contributed by atoms with E-state index >= 15 is 0 Å². The molecule has 8 heteroatoms. The molecule has 142 valence electrons. The fourth-order valence-electron chi connectivity index (χ4n) is 2.93. The van der Waals surface area contributed by atoms with Crippen molar-refractivity contribution in [3.05, 3.63) is 83.2 Å². The first-order chi connectivity index (χ1) is 13.6. The number of hydrogen-bond donors (Lipinski definition) is 0. The quantitative estimate of drug-likeness (QED) is 0.605. The van der Waals surface area contributed by atoms with E-state index in [2.05, 4.69) is 5.10 Å². The first-order valence-electron chi connectivity index (χ1n) is 8.51. The molecule has 3 aromatic rings. The van der Waals surface area contributed by atoms with E-state index in [1.807, 2.05) is 0 Å². The molecule has 1 aromatic carbocycles. The Labute approximate surface area is 165 Å². The fourth-order valence-corrected chi connectivity index (χ4v) is 3.12. The molecular weight excluding hydrogens is 384 g/mol. The van der Waals surface area contributed by atoms with Crippen molar-refractivity contribution < 1.29 is 23.2 Å². The first-order valence-corrected chi connectivity index (χ1v) is 8.89. The predicted molar refractivity (Wildman–Crippen MR) is 99.9 cm³/mol. The maximum Gasteiger partial charge on any atom is 0.338 e. The van der Waals surface area contributed by atoms with Crippen molar-refractivity contribution in [2.75, 3.05) is 6.61 Å². The van der Waals surface area contributed by atoms with E-state index in [1.165, 1.54) is 23.6 Å². The molecule has 0 spiro atoms. The minimum absolute atomic E-state index is 0.268. The van der Waals surface area contributed by atoms with Crippen LogP contribution in [0.15, 0.2) is 75.0 Å². The molecule has 1 atom stereocenters. The SMILES string of the molecule is O=C(OCC(=O)N1N=C(c2ccco2)CC1c1ccco1)c1cccc(Cl)c1. The maximum absolute atomic E-state index is 12.7. The van der Waals surface area contributed by atoms with Crippen molar-refractivity contribution in [1.29, 1.82) is 0 Å². The van der Waals surface area contributed by atoms with Crippen LogP contribution in [0.4, 0.5) is 0 Å². The second-order valence-corrected chi connectivity index (χ2v) is 6.52. The van der Waals surface area contributed by atoms with Gasteiger partial charge in [-0.05, 0) is 42.5 Å². The molecule has 1 amide bonds. The van der Waals surface area contributed by atoms with Gasteiger partial charge in [0.15, 0.2) is 6.61 Å². The highest BCUT2D eigenvalue weighted by Gasteiger charge is 2.36. The average molecular weight is 399 g/mol. The Balaban J connectivity index is 1.49. The molecule has 2 aromatic heterocycles. The number of ether oxygens (including phenoxy) is 1. The summed E-state index contributed by atoms with van der Waals surface area (Å²) >= 11 is 5.88. The third-order valence-corrected chi connectivity index (χ3v) is 4.47. The lowest BCUT2D eigenvalue weighted by molar-refractivity contribution is -0.136. The number of carbonyl (C=O) groups is 2. The van der Waals surface area contributed by atoms with E-state index in [1.54, 1.807) is 42.5 Å². The zero-order valence-corrected chi connectivity index (χ0v) is 15.3. The maximum atomic E-state index is 12.7. The van der Waals surface area contributed by atoms with Gasteiger partial charge in [-0.25, -0.2) is 9.80 Å². The number of hydrogen-bond acceptors (Lipinski definition) is 6. The van der Waals surface area contributed by atoms with Crippen LogP contribution in [0.5, 0.6) is 0 Å². The molecule has 7 nitrogen and oxygen atoms in total. The number of furan rings is 2. The van der Waals surface area contributed by atoms with Crippen LogP contribution in [0.25, 0.3) is 0 Å². The lowest BCUT2D eigenvalue weighted by atomic mass is 10.1. The van der Waals surface area contributed by atoms with E-state index in [0.29, 0.717) is 28.7 Å². The lowest BCUT2D eigenvalue weighted by Crippen LogP contribution is -2.31. The molecule has 28 heavy (non-hydrogen) atoms. The van der Waals surface area contributed by atoms with Crippen molar-refractivity contribution in [1.82, 2.24) is 5.01 Å². The van der Waals surface area contributed by atoms with Crippen LogP contribution in [0, 0.1) is 0 Å². The fraction of sp³-hybridized carbons (Fsp3) is 0.150. The van der Waals surface area contributed by atoms with Gasteiger partial charge in [0, 0.05) is 11.4 Å². The van der Waals surface area contributed by atoms with Gasteiger partial charge >= 0.3 is 5.97 Å². The molecule has 0 aliphatic carbocycles. The molecule has 1 aliphatic rings. The van der Waals surface area contributed by atoms with Gasteiger partial charge in [0.1, 0.15) is 23.3 Å². The minimum atomic E-state index is -0.639. The van der Waals surface area contributed by atoms with Gasteiger partial charge in [0.25, 0.3) is 5.91 Å². The number of esters is 1. The first kappa shape index (κ1) is 18.1. The van der Waals surface area contributed by atoms with Crippen LogP contribution in [0.3, 0.4) is 0 Å². The van der Waals surface area contributed by atoms with Crippen LogP contribution < -0.4 is 0 Å². The molecule has 0 bridgehead atoms. The molecule has 0 fully saturated rings. The van der Waals surface area contributed by atoms with Crippen molar-refractivity contribution in [2.24, 2.45) is 5.10 Å². The topological polar surface area (TPSA) is 85.3 Å². The van der Waals surface area contributed by atoms with Crippen LogP contribution >= 0.6 is 11.6 Å². The Morgan fingerprint density at radius 2 is 1.96 bits per heavy atom. The normalized spacial score (nSPS) is 16.1. The Morgan fingerprint density at radius 1 is 1.14 bits per heavy atom. The smallest absolute Gasteiger partial charge is 0.338 e. The van der Waals surface area contributed by atoms with E-state index in [-0.39, 0.29) is 5.56 Å². The summed E-state index contributed by atoms with van der Waals surface area (Å²) in [5.74, 6) is 0.0424. The van der Waals surface area contributed by atoms with Crippen LogP contribution in [0.2, 0.25) is 5.02 Å². The van der Waals surface area contributed by atoms with E-state index in [4.69, 9.17) is 25.2 Å². The number of halogens is 1. The van der Waals surface area contributed by atoms with E-state index < -0.39 is 24.5 Å². The number of hydrazone groups is 1. The standard InChI is InChI=1S/C20H15ClN2O5/c21-14-5-1-4-13(10-14)20(25)28-12-19(24)23-16(18-7-3-9-27-18)11-15(22-23)17-6-2-8-26-17/h1-10,16H,11-12H2. The predicted octanol–water partition coefficient (Wildman–Crippen LogP) is 4.06. The van der Waals surface area contributed by atoms with Crippen LogP contribution in [0.1, 0.15) is 34.3 Å². The highest BCUT2D eigenvalue weighted by molar-refractivity contribution is 6.30. The lowest BCUT2D eigenvalue weighted by Gasteiger charge is -2.19. The Morgan fingerprint density at radius 3 is 2.68 bits per heavy atom. The van der Waals surface area contributed by atoms with Crippen molar-refractivity contribution in [3.63, 3.8) is 0 Å². The van der Waals surface area contributed by atoms with E-state index in [9.17, 15) is 9.59 Å². The minimum Gasteiger partial charge on any atom is -0.467 e. The summed E-state index contributed by atoms with van der Waals surface area (Å²) in [6, 6.07) is 12.9. The second-order valence-electron chi connectivity index (χ2n) is 6.08. The zero-order chi connectivity index (χ0) is 19.5. The Bertz CT molecular complexity index is 1010. The molecule has 0 saturated carbocycles. The summed E-state index contributed by atoms with van der Waals surface area (Å²) in [5.41, 5.74) is 0.880. The van der Waals surface area contributed by atoms with Gasteiger partial charge in [-0.2, -0.15) is 5.10 Å². The monoisotopic (exact) mass is 398 g/mol. The summed E-state index contributed by atoms with van der Waals surface area (Å²) < 4.78 is 16.0. The second kappa shape index (κ2) is 7.74. The number of carbonyl (C=O) groups excluding carboxylic acids is 2. The Kier molecular flexibility index (Phi) is 4.99. The van der Waals surface area contributed by atoms with Gasteiger partial charge in [-0.15, -0.1) is 0 Å². The summed E-state index contributed by atoms with van der Waals surface area (Å²) in [6.45, 7) is -0.461. The van der Waals surface area contributed by atoms with Crippen molar-refractivity contribution >= 4 is 29.2 Å². The third kappa shape index (κ3) is 3.70. The largest absolute Gasteiger partial charge is 0.467 e. The summed E-state index contributed by atoms with van der Waals surface area (Å²) in [7, 11) is 0. The summed E-state index contributed by atoms with van der Waals surface area (Å²) in [6.07, 6.45) is 3.49. The molecule has 3 heterocycles. The van der Waals surface area contributed by atoms with Gasteiger partial charge in [-0.1, -0.05) is 17.7 Å².